The second-order valence-electron chi connectivity index (χ2n) is 3.74. The van der Waals surface area contributed by atoms with Gasteiger partial charge in [-0.1, -0.05) is 37.6 Å². The van der Waals surface area contributed by atoms with Gasteiger partial charge in [-0.2, -0.15) is 0 Å². The quantitative estimate of drug-likeness (QED) is 0.693. The fourth-order valence-corrected chi connectivity index (χ4v) is 1.52. The molecule has 0 aromatic heterocycles. The number of hydrogen-bond donors (Lipinski definition) is 1. The molecule has 0 fully saturated rings. The lowest BCUT2D eigenvalue weighted by Gasteiger charge is -2.05. The van der Waals surface area contributed by atoms with Gasteiger partial charge in [-0.15, -0.1) is 0 Å². The molecule has 0 spiro atoms. The molecule has 15 heavy (non-hydrogen) atoms. The first-order valence-electron chi connectivity index (χ1n) is 5.64. The lowest BCUT2D eigenvalue weighted by Crippen LogP contribution is -2.18. The second-order valence-corrected chi connectivity index (χ2v) is 3.74. The molecule has 0 amide bonds. The van der Waals surface area contributed by atoms with Gasteiger partial charge in [0.2, 0.25) is 0 Å². The van der Waals surface area contributed by atoms with Crippen LogP contribution in [-0.4, -0.2) is 20.3 Å². The summed E-state index contributed by atoms with van der Waals surface area (Å²) in [6, 6.07) is 8.84. The van der Waals surface area contributed by atoms with E-state index in [4.69, 9.17) is 4.74 Å². The van der Waals surface area contributed by atoms with Crippen LogP contribution in [0.25, 0.3) is 0 Å². The molecule has 0 aliphatic heterocycles. The Bertz CT molecular complexity index is 256. The molecule has 0 unspecified atom stereocenters. The van der Waals surface area contributed by atoms with E-state index < -0.39 is 0 Å². The van der Waals surface area contributed by atoms with Gasteiger partial charge in [-0.25, -0.2) is 0 Å². The Balaban J connectivity index is 2.29. The third kappa shape index (κ3) is 4.96. The summed E-state index contributed by atoms with van der Waals surface area (Å²) in [7, 11) is 1.72. The molecule has 1 N–H and O–H groups in total. The molecule has 0 saturated carbocycles. The summed E-state index contributed by atoms with van der Waals surface area (Å²) in [6.07, 6.45) is 2.39. The molecule has 2 heteroatoms. The Morgan fingerprint density at radius 3 is 2.40 bits per heavy atom. The standard InChI is InChI=1S/C13H21NO/c1-3-4-12-5-7-13(8-6-12)11-14-9-10-15-2/h5-8,14H,3-4,9-11H2,1-2H3. The largest absolute Gasteiger partial charge is 0.383 e. The summed E-state index contributed by atoms with van der Waals surface area (Å²) in [4.78, 5) is 0. The van der Waals surface area contributed by atoms with Crippen molar-refractivity contribution < 1.29 is 4.74 Å². The van der Waals surface area contributed by atoms with Crippen molar-refractivity contribution in [3.8, 4) is 0 Å². The van der Waals surface area contributed by atoms with E-state index in [0.29, 0.717) is 0 Å². The van der Waals surface area contributed by atoms with E-state index in [-0.39, 0.29) is 0 Å². The first-order valence-corrected chi connectivity index (χ1v) is 5.64. The van der Waals surface area contributed by atoms with Crippen molar-refractivity contribution in [3.63, 3.8) is 0 Å². The van der Waals surface area contributed by atoms with Gasteiger partial charge in [-0.3, -0.25) is 0 Å². The topological polar surface area (TPSA) is 21.3 Å². The molecule has 1 aromatic carbocycles. The van der Waals surface area contributed by atoms with Gasteiger partial charge in [0, 0.05) is 20.2 Å². The molecular formula is C13H21NO. The van der Waals surface area contributed by atoms with Crippen LogP contribution >= 0.6 is 0 Å². The number of hydrogen-bond acceptors (Lipinski definition) is 2. The maximum absolute atomic E-state index is 4.97. The highest BCUT2D eigenvalue weighted by Gasteiger charge is 1.93. The third-order valence-corrected chi connectivity index (χ3v) is 2.37. The molecule has 0 aliphatic carbocycles. The monoisotopic (exact) mass is 207 g/mol. The van der Waals surface area contributed by atoms with E-state index in [1.807, 2.05) is 0 Å². The van der Waals surface area contributed by atoms with Gasteiger partial charge in [0.1, 0.15) is 0 Å². The Kier molecular flexibility index (Phi) is 6.05. The van der Waals surface area contributed by atoms with Crippen LogP contribution < -0.4 is 5.32 Å². The van der Waals surface area contributed by atoms with Crippen molar-refractivity contribution >= 4 is 0 Å². The zero-order valence-electron chi connectivity index (χ0n) is 9.75. The number of benzene rings is 1. The maximum atomic E-state index is 4.97. The lowest BCUT2D eigenvalue weighted by molar-refractivity contribution is 0.199. The summed E-state index contributed by atoms with van der Waals surface area (Å²) < 4.78 is 4.97. The number of rotatable bonds is 7. The average Bonchev–Trinajstić information content (AvgIpc) is 2.27. The van der Waals surface area contributed by atoms with E-state index >= 15 is 0 Å². The van der Waals surface area contributed by atoms with Gasteiger partial charge in [0.05, 0.1) is 6.61 Å². The van der Waals surface area contributed by atoms with Gasteiger partial charge in [-0.05, 0) is 17.5 Å². The highest BCUT2D eigenvalue weighted by Crippen LogP contribution is 2.06. The van der Waals surface area contributed by atoms with Crippen LogP contribution in [0.3, 0.4) is 0 Å². The lowest BCUT2D eigenvalue weighted by atomic mass is 10.1. The minimum absolute atomic E-state index is 0.772. The molecule has 2 nitrogen and oxygen atoms in total. The van der Waals surface area contributed by atoms with Crippen LogP contribution in [0, 0.1) is 0 Å². The van der Waals surface area contributed by atoms with Gasteiger partial charge in [0.25, 0.3) is 0 Å². The van der Waals surface area contributed by atoms with Crippen molar-refractivity contribution in [1.29, 1.82) is 0 Å². The van der Waals surface area contributed by atoms with Gasteiger partial charge < -0.3 is 10.1 Å². The Morgan fingerprint density at radius 1 is 1.13 bits per heavy atom. The van der Waals surface area contributed by atoms with Crippen LogP contribution in [0.4, 0.5) is 0 Å². The van der Waals surface area contributed by atoms with E-state index in [1.165, 1.54) is 24.0 Å². The second kappa shape index (κ2) is 7.43. The summed E-state index contributed by atoms with van der Waals surface area (Å²) in [5.41, 5.74) is 2.77. The average molecular weight is 207 g/mol. The van der Waals surface area contributed by atoms with E-state index in [9.17, 15) is 0 Å². The molecule has 84 valence electrons. The first kappa shape index (κ1) is 12.2. The molecule has 0 atom stereocenters. The molecular weight excluding hydrogens is 186 g/mol. The predicted octanol–water partition coefficient (Wildman–Crippen LogP) is 2.38. The Hall–Kier alpha value is -0.860. The fraction of sp³-hybridized carbons (Fsp3) is 0.538. The van der Waals surface area contributed by atoms with Crippen LogP contribution in [0.5, 0.6) is 0 Å². The number of nitrogens with one attached hydrogen (secondary N) is 1. The number of aryl methyl sites for hydroxylation is 1. The molecule has 0 aliphatic rings. The molecule has 0 radical (unpaired) electrons. The van der Waals surface area contributed by atoms with Gasteiger partial charge >= 0.3 is 0 Å². The highest BCUT2D eigenvalue weighted by atomic mass is 16.5. The van der Waals surface area contributed by atoms with Crippen LogP contribution in [0.2, 0.25) is 0 Å². The van der Waals surface area contributed by atoms with E-state index in [2.05, 4.69) is 36.5 Å². The Morgan fingerprint density at radius 2 is 1.80 bits per heavy atom. The smallest absolute Gasteiger partial charge is 0.0587 e. The maximum Gasteiger partial charge on any atom is 0.0587 e. The molecule has 0 heterocycles. The van der Waals surface area contributed by atoms with Crippen LogP contribution in [-0.2, 0) is 17.7 Å². The fourth-order valence-electron chi connectivity index (χ4n) is 1.52. The minimum atomic E-state index is 0.772. The number of ether oxygens (including phenoxy) is 1. The number of methoxy groups -OCH3 is 1. The summed E-state index contributed by atoms with van der Waals surface area (Å²) >= 11 is 0. The third-order valence-electron chi connectivity index (χ3n) is 2.37. The normalized spacial score (nSPS) is 10.5. The van der Waals surface area contributed by atoms with Crippen molar-refractivity contribution in [2.45, 2.75) is 26.3 Å². The molecule has 1 rings (SSSR count). The zero-order chi connectivity index (χ0) is 10.9. The summed E-state index contributed by atoms with van der Waals surface area (Å²) in [5.74, 6) is 0. The SMILES string of the molecule is CCCc1ccc(CNCCOC)cc1. The van der Waals surface area contributed by atoms with Crippen LogP contribution in [0.1, 0.15) is 24.5 Å². The molecule has 1 aromatic rings. The first-order chi connectivity index (χ1) is 7.36. The predicted molar refractivity (Wildman–Crippen MR) is 64.0 cm³/mol. The van der Waals surface area contributed by atoms with E-state index in [1.54, 1.807) is 7.11 Å². The molecule has 0 bridgehead atoms. The Labute approximate surface area is 92.6 Å². The van der Waals surface area contributed by atoms with Crippen LogP contribution in [0.15, 0.2) is 24.3 Å². The van der Waals surface area contributed by atoms with E-state index in [0.717, 1.165) is 19.7 Å². The minimum Gasteiger partial charge on any atom is -0.383 e. The zero-order valence-corrected chi connectivity index (χ0v) is 9.75. The summed E-state index contributed by atoms with van der Waals surface area (Å²) in [5, 5.41) is 3.33. The van der Waals surface area contributed by atoms with Gasteiger partial charge in [0.15, 0.2) is 0 Å². The van der Waals surface area contributed by atoms with Crippen molar-refractivity contribution in [2.75, 3.05) is 20.3 Å². The van der Waals surface area contributed by atoms with Crippen molar-refractivity contribution in [3.05, 3.63) is 35.4 Å². The van der Waals surface area contributed by atoms with Crippen molar-refractivity contribution in [2.24, 2.45) is 0 Å². The van der Waals surface area contributed by atoms with Crippen molar-refractivity contribution in [1.82, 2.24) is 5.32 Å². The molecule has 0 saturated heterocycles. The summed E-state index contributed by atoms with van der Waals surface area (Å²) in [6.45, 7) is 4.82. The highest BCUT2D eigenvalue weighted by molar-refractivity contribution is 5.22.